The maximum Gasteiger partial charge on any atom is 0.251 e. The van der Waals surface area contributed by atoms with Crippen LogP contribution in [0.3, 0.4) is 0 Å². The third-order valence-corrected chi connectivity index (χ3v) is 3.54. The summed E-state index contributed by atoms with van der Waals surface area (Å²) in [5.74, 6) is 0.205. The van der Waals surface area contributed by atoms with E-state index in [-0.39, 0.29) is 18.3 Å². The Morgan fingerprint density at radius 1 is 1.08 bits per heavy atom. The van der Waals surface area contributed by atoms with Crippen molar-refractivity contribution in [2.75, 3.05) is 34.2 Å². The average molecular weight is 331 g/mol. The van der Waals surface area contributed by atoms with Crippen LogP contribution in [0.15, 0.2) is 48.5 Å². The first-order valence-corrected chi connectivity index (χ1v) is 7.90. The zero-order valence-corrected chi connectivity index (χ0v) is 14.4. The summed E-state index contributed by atoms with van der Waals surface area (Å²) in [6, 6.07) is 13.4. The molecule has 0 saturated carbocycles. The highest BCUT2D eigenvalue weighted by atomic mass is 19.1. The maximum absolute atomic E-state index is 13.5. The molecule has 0 bridgehead atoms. The van der Waals surface area contributed by atoms with Gasteiger partial charge >= 0.3 is 0 Å². The number of carbonyl (C=O) groups is 1. The number of hydrogen-bond acceptors (Lipinski definition) is 2. The van der Waals surface area contributed by atoms with Gasteiger partial charge in [0.25, 0.3) is 5.91 Å². The number of amides is 1. The van der Waals surface area contributed by atoms with Crippen LogP contribution >= 0.6 is 0 Å². The second-order valence-corrected chi connectivity index (χ2v) is 6.67. The molecule has 0 aliphatic carbocycles. The van der Waals surface area contributed by atoms with Crippen LogP contribution in [0.4, 0.5) is 4.39 Å². The number of nitrogens with one attached hydrogen (secondary N) is 1. The van der Waals surface area contributed by atoms with Crippen LogP contribution < -0.4 is 10.1 Å². The lowest BCUT2D eigenvalue weighted by Gasteiger charge is -2.23. The molecule has 0 heterocycles. The van der Waals surface area contributed by atoms with Gasteiger partial charge in [-0.2, -0.15) is 0 Å². The lowest BCUT2D eigenvalue weighted by molar-refractivity contribution is -0.869. The standard InChI is InChI=1S/C19H23FN2O2/c1-22(2,3)13-12-21-19(23)15-8-10-17(11-9-15)24-14-16-6-4-5-7-18(16)20/h4-11H,12-14H2,1-3H3/p+1. The van der Waals surface area contributed by atoms with E-state index in [0.717, 1.165) is 11.0 Å². The van der Waals surface area contributed by atoms with Crippen LogP contribution in [0.5, 0.6) is 5.75 Å². The Bertz CT molecular complexity index is 679. The fourth-order valence-corrected chi connectivity index (χ4v) is 2.09. The van der Waals surface area contributed by atoms with E-state index in [0.29, 0.717) is 23.4 Å². The molecule has 0 fully saturated rings. The Kier molecular flexibility index (Phi) is 5.93. The summed E-state index contributed by atoms with van der Waals surface area (Å²) < 4.78 is 19.9. The first-order valence-electron chi connectivity index (χ1n) is 7.90. The smallest absolute Gasteiger partial charge is 0.251 e. The Labute approximate surface area is 142 Å². The second kappa shape index (κ2) is 7.93. The average Bonchev–Trinajstić information content (AvgIpc) is 2.53. The van der Waals surface area contributed by atoms with Crippen molar-refractivity contribution in [2.45, 2.75) is 6.61 Å². The fraction of sp³-hybridized carbons (Fsp3) is 0.316. The fourth-order valence-electron chi connectivity index (χ4n) is 2.09. The number of likely N-dealkylation sites (N-methyl/N-ethyl adjacent to an activating group) is 1. The van der Waals surface area contributed by atoms with Gasteiger partial charge in [0.05, 0.1) is 34.2 Å². The van der Waals surface area contributed by atoms with Crippen LogP contribution in [-0.4, -0.2) is 44.6 Å². The van der Waals surface area contributed by atoms with E-state index < -0.39 is 0 Å². The molecule has 1 amide bonds. The zero-order valence-electron chi connectivity index (χ0n) is 14.4. The Hall–Kier alpha value is -2.40. The maximum atomic E-state index is 13.5. The number of rotatable bonds is 7. The van der Waals surface area contributed by atoms with Gasteiger partial charge in [-0.25, -0.2) is 4.39 Å². The van der Waals surface area contributed by atoms with Crippen molar-refractivity contribution in [2.24, 2.45) is 0 Å². The van der Waals surface area contributed by atoms with Gasteiger partial charge < -0.3 is 14.5 Å². The van der Waals surface area contributed by atoms with E-state index >= 15 is 0 Å². The molecule has 1 N–H and O–H groups in total. The molecule has 0 atom stereocenters. The normalized spacial score (nSPS) is 11.2. The summed E-state index contributed by atoms with van der Waals surface area (Å²) in [5.41, 5.74) is 1.08. The van der Waals surface area contributed by atoms with Crippen LogP contribution in [0, 0.1) is 5.82 Å². The van der Waals surface area contributed by atoms with Crippen molar-refractivity contribution < 1.29 is 18.4 Å². The molecule has 24 heavy (non-hydrogen) atoms. The number of benzene rings is 2. The lowest BCUT2D eigenvalue weighted by Crippen LogP contribution is -2.41. The molecule has 0 aliphatic heterocycles. The highest BCUT2D eigenvalue weighted by Crippen LogP contribution is 2.15. The van der Waals surface area contributed by atoms with Gasteiger partial charge in [0.1, 0.15) is 18.2 Å². The summed E-state index contributed by atoms with van der Waals surface area (Å²) in [6.45, 7) is 1.63. The number of halogens is 1. The molecular weight excluding hydrogens is 307 g/mol. The highest BCUT2D eigenvalue weighted by molar-refractivity contribution is 5.94. The number of hydrogen-bond donors (Lipinski definition) is 1. The summed E-state index contributed by atoms with van der Waals surface area (Å²) in [6.07, 6.45) is 0. The van der Waals surface area contributed by atoms with Gasteiger partial charge in [-0.3, -0.25) is 4.79 Å². The van der Waals surface area contributed by atoms with Crippen molar-refractivity contribution in [1.82, 2.24) is 5.32 Å². The Morgan fingerprint density at radius 3 is 2.38 bits per heavy atom. The second-order valence-electron chi connectivity index (χ2n) is 6.67. The first-order chi connectivity index (χ1) is 11.3. The topological polar surface area (TPSA) is 38.3 Å². The van der Waals surface area contributed by atoms with Crippen molar-refractivity contribution >= 4 is 5.91 Å². The third kappa shape index (κ3) is 5.66. The van der Waals surface area contributed by atoms with Crippen LogP contribution in [-0.2, 0) is 6.61 Å². The van der Waals surface area contributed by atoms with Crippen molar-refractivity contribution in [3.63, 3.8) is 0 Å². The van der Waals surface area contributed by atoms with E-state index in [4.69, 9.17) is 4.74 Å². The van der Waals surface area contributed by atoms with Crippen LogP contribution in [0.1, 0.15) is 15.9 Å². The Morgan fingerprint density at radius 2 is 1.75 bits per heavy atom. The minimum atomic E-state index is -0.286. The first kappa shape index (κ1) is 17.9. The molecule has 0 spiro atoms. The van der Waals surface area contributed by atoms with E-state index in [2.05, 4.69) is 26.5 Å². The predicted molar refractivity (Wildman–Crippen MR) is 92.4 cm³/mol. The minimum absolute atomic E-state index is 0.107. The van der Waals surface area contributed by atoms with Crippen molar-refractivity contribution in [3.05, 3.63) is 65.5 Å². The molecule has 2 rings (SSSR count). The van der Waals surface area contributed by atoms with Gasteiger partial charge in [-0.1, -0.05) is 18.2 Å². The van der Waals surface area contributed by atoms with Gasteiger partial charge in [0.15, 0.2) is 0 Å². The van der Waals surface area contributed by atoms with E-state index in [1.807, 2.05) is 0 Å². The summed E-state index contributed by atoms with van der Waals surface area (Å²) in [4.78, 5) is 12.1. The van der Waals surface area contributed by atoms with E-state index in [1.54, 1.807) is 42.5 Å². The van der Waals surface area contributed by atoms with Crippen molar-refractivity contribution in [3.8, 4) is 5.75 Å². The SMILES string of the molecule is C[N+](C)(C)CCNC(=O)c1ccc(OCc2ccccc2F)cc1. The number of ether oxygens (including phenoxy) is 1. The summed E-state index contributed by atoms with van der Waals surface area (Å²) in [7, 11) is 6.23. The van der Waals surface area contributed by atoms with Gasteiger partial charge in [0, 0.05) is 11.1 Å². The van der Waals surface area contributed by atoms with Gasteiger partial charge in [-0.15, -0.1) is 0 Å². The molecule has 128 valence electrons. The molecule has 0 aromatic heterocycles. The zero-order chi connectivity index (χ0) is 17.6. The minimum Gasteiger partial charge on any atom is -0.489 e. The van der Waals surface area contributed by atoms with Crippen LogP contribution in [0.25, 0.3) is 0 Å². The van der Waals surface area contributed by atoms with Gasteiger partial charge in [-0.05, 0) is 30.3 Å². The third-order valence-electron chi connectivity index (χ3n) is 3.54. The molecule has 5 heteroatoms. The van der Waals surface area contributed by atoms with Crippen molar-refractivity contribution in [1.29, 1.82) is 0 Å². The molecule has 0 unspecified atom stereocenters. The molecule has 0 saturated heterocycles. The lowest BCUT2D eigenvalue weighted by atomic mass is 10.2. The summed E-state index contributed by atoms with van der Waals surface area (Å²) in [5, 5.41) is 2.90. The molecule has 0 aliphatic rings. The molecular formula is C19H24FN2O2+. The largest absolute Gasteiger partial charge is 0.489 e. The summed E-state index contributed by atoms with van der Waals surface area (Å²) >= 11 is 0. The van der Waals surface area contributed by atoms with Crippen LogP contribution in [0.2, 0.25) is 0 Å². The van der Waals surface area contributed by atoms with E-state index in [1.165, 1.54) is 6.07 Å². The molecule has 2 aromatic rings. The molecule has 2 aromatic carbocycles. The van der Waals surface area contributed by atoms with Gasteiger partial charge in [0.2, 0.25) is 0 Å². The highest BCUT2D eigenvalue weighted by Gasteiger charge is 2.10. The number of quaternary nitrogens is 1. The quantitative estimate of drug-likeness (QED) is 0.792. The van der Waals surface area contributed by atoms with E-state index in [9.17, 15) is 9.18 Å². The Balaban J connectivity index is 1.86. The number of carbonyl (C=O) groups excluding carboxylic acids is 1. The predicted octanol–water partition coefficient (Wildman–Crippen LogP) is 2.84. The number of nitrogens with zero attached hydrogens (tertiary/aromatic N) is 1. The molecule has 0 radical (unpaired) electrons. The monoisotopic (exact) mass is 331 g/mol. The molecule has 4 nitrogen and oxygen atoms in total.